The smallest absolute Gasteiger partial charge is 0.184 e. The maximum absolute atomic E-state index is 10.9. The van der Waals surface area contributed by atoms with Crippen LogP contribution in [0.1, 0.15) is 9.67 Å². The van der Waals surface area contributed by atoms with Crippen molar-refractivity contribution in [3.05, 3.63) is 16.3 Å². The van der Waals surface area contributed by atoms with Gasteiger partial charge in [0.2, 0.25) is 0 Å². The van der Waals surface area contributed by atoms with Gasteiger partial charge in [0.05, 0.1) is 10.6 Å². The molecule has 2 heterocycles. The largest absolute Gasteiger partial charge is 0.292 e. The molecule has 1 nitrogen and oxygen atoms in total. The van der Waals surface area contributed by atoms with Gasteiger partial charge in [0, 0.05) is 4.90 Å². The van der Waals surface area contributed by atoms with Gasteiger partial charge in [-0.2, -0.15) is 0 Å². The molecule has 0 radical (unpaired) electrons. The van der Waals surface area contributed by atoms with Crippen LogP contribution < -0.4 is 0 Å². The summed E-state index contributed by atoms with van der Waals surface area (Å²) in [6.45, 7) is 0. The minimum absolute atomic E-state index is 0.296. The summed E-state index contributed by atoms with van der Waals surface area (Å²) in [6.07, 6.45) is 0. The first-order valence-electron chi connectivity index (χ1n) is 2.61. The van der Waals surface area contributed by atoms with Crippen LogP contribution in [-0.4, -0.2) is 11.5 Å². The molecule has 1 aliphatic rings. The molecule has 0 saturated heterocycles. The summed E-state index contributed by atoms with van der Waals surface area (Å²) in [4.78, 5) is 13.0. The molecule has 3 heteroatoms. The highest BCUT2D eigenvalue weighted by atomic mass is 32.2. The number of rotatable bonds is 0. The highest BCUT2D eigenvalue weighted by Gasteiger charge is 2.20. The molecule has 0 saturated carbocycles. The molecule has 0 unspecified atom stereocenters. The molecule has 0 N–H and O–H groups in total. The normalized spacial score (nSPS) is 16.2. The Kier molecular flexibility index (Phi) is 1.13. The third kappa shape index (κ3) is 0.721. The fourth-order valence-corrected chi connectivity index (χ4v) is 2.89. The number of fused-ring (bicyclic) bond motifs is 1. The molecule has 9 heavy (non-hydrogen) atoms. The molecular weight excluding hydrogens is 152 g/mol. The van der Waals surface area contributed by atoms with Crippen molar-refractivity contribution in [2.24, 2.45) is 0 Å². The van der Waals surface area contributed by atoms with Crippen LogP contribution in [0.3, 0.4) is 0 Å². The highest BCUT2D eigenvalue weighted by molar-refractivity contribution is 8.00. The first-order chi connectivity index (χ1) is 4.38. The van der Waals surface area contributed by atoms with Gasteiger partial charge >= 0.3 is 0 Å². The monoisotopic (exact) mass is 156 g/mol. The van der Waals surface area contributed by atoms with Crippen molar-refractivity contribution in [1.29, 1.82) is 0 Å². The maximum atomic E-state index is 10.9. The van der Waals surface area contributed by atoms with Crippen LogP contribution in [0, 0.1) is 0 Å². The van der Waals surface area contributed by atoms with Gasteiger partial charge < -0.3 is 0 Å². The number of Topliss-reactive ketones (excluding diaryl/α,β-unsaturated/α-hetero) is 1. The molecule has 1 aromatic rings. The zero-order chi connectivity index (χ0) is 6.27. The van der Waals surface area contributed by atoms with Crippen molar-refractivity contribution in [2.45, 2.75) is 4.90 Å². The van der Waals surface area contributed by atoms with E-state index in [-0.39, 0.29) is 0 Å². The second-order valence-corrected chi connectivity index (χ2v) is 3.76. The van der Waals surface area contributed by atoms with Crippen molar-refractivity contribution < 1.29 is 4.79 Å². The van der Waals surface area contributed by atoms with E-state index >= 15 is 0 Å². The highest BCUT2D eigenvalue weighted by Crippen LogP contribution is 2.34. The molecule has 0 aliphatic carbocycles. The Hall–Kier alpha value is -0.280. The third-order valence-corrected chi connectivity index (χ3v) is 3.38. The summed E-state index contributed by atoms with van der Waals surface area (Å²) in [7, 11) is 0. The fraction of sp³-hybridized carbons (Fsp3) is 0.167. The van der Waals surface area contributed by atoms with E-state index in [0.717, 1.165) is 4.88 Å². The lowest BCUT2D eigenvalue weighted by Crippen LogP contribution is -1.90. The topological polar surface area (TPSA) is 17.1 Å². The average molecular weight is 156 g/mol. The summed E-state index contributed by atoms with van der Waals surface area (Å²) in [5.41, 5.74) is 0. The van der Waals surface area contributed by atoms with Crippen molar-refractivity contribution in [3.8, 4) is 0 Å². The molecule has 1 aromatic heterocycles. The summed E-state index contributed by atoms with van der Waals surface area (Å²) in [5, 5.41) is 1.97. The van der Waals surface area contributed by atoms with Crippen LogP contribution in [0.25, 0.3) is 0 Å². The Bertz CT molecular complexity index is 251. The predicted octanol–water partition coefficient (Wildman–Crippen LogP) is 2.04. The second-order valence-electron chi connectivity index (χ2n) is 1.83. The average Bonchev–Trinajstić information content (AvgIpc) is 2.35. The lowest BCUT2D eigenvalue weighted by atomic mass is 10.4. The Balaban J connectivity index is 2.61. The quantitative estimate of drug-likeness (QED) is 0.571. The van der Waals surface area contributed by atoms with Gasteiger partial charge in [-0.25, -0.2) is 0 Å². The molecule has 46 valence electrons. The molecule has 0 spiro atoms. The summed E-state index contributed by atoms with van der Waals surface area (Å²) >= 11 is 3.19. The van der Waals surface area contributed by atoms with E-state index in [9.17, 15) is 4.79 Å². The van der Waals surface area contributed by atoms with Crippen molar-refractivity contribution in [2.75, 3.05) is 5.75 Å². The number of carbonyl (C=O) groups excluding carboxylic acids is 1. The minimum Gasteiger partial charge on any atom is -0.292 e. The van der Waals surface area contributed by atoms with Crippen molar-refractivity contribution in [3.63, 3.8) is 0 Å². The molecule has 0 aromatic carbocycles. The number of carbonyl (C=O) groups is 1. The number of hydrogen-bond donors (Lipinski definition) is 0. The summed E-state index contributed by atoms with van der Waals surface area (Å²) in [6, 6.07) is 2.01. The zero-order valence-electron chi connectivity index (χ0n) is 4.59. The first kappa shape index (κ1) is 5.50. The van der Waals surface area contributed by atoms with Gasteiger partial charge in [-0.1, -0.05) is 0 Å². The zero-order valence-corrected chi connectivity index (χ0v) is 6.22. The van der Waals surface area contributed by atoms with Crippen LogP contribution in [0.15, 0.2) is 16.3 Å². The van der Waals surface area contributed by atoms with Crippen molar-refractivity contribution in [1.82, 2.24) is 0 Å². The van der Waals surface area contributed by atoms with E-state index in [4.69, 9.17) is 0 Å². The lowest BCUT2D eigenvalue weighted by molar-refractivity contribution is 0.102. The SMILES string of the molecule is O=C1CSc2ccsc21. The van der Waals surface area contributed by atoms with Gasteiger partial charge in [-0.05, 0) is 11.4 Å². The van der Waals surface area contributed by atoms with Crippen LogP contribution in [0.4, 0.5) is 0 Å². The van der Waals surface area contributed by atoms with E-state index in [0.29, 0.717) is 11.5 Å². The second kappa shape index (κ2) is 1.85. The van der Waals surface area contributed by atoms with E-state index in [1.165, 1.54) is 4.90 Å². The van der Waals surface area contributed by atoms with Gasteiger partial charge in [0.1, 0.15) is 0 Å². The van der Waals surface area contributed by atoms with Crippen LogP contribution in [-0.2, 0) is 0 Å². The molecule has 0 fully saturated rings. The Labute approximate surface area is 61.1 Å². The van der Waals surface area contributed by atoms with E-state index in [1.807, 2.05) is 11.4 Å². The molecule has 0 amide bonds. The van der Waals surface area contributed by atoms with Gasteiger partial charge in [-0.15, -0.1) is 23.1 Å². The Morgan fingerprint density at radius 3 is 3.22 bits per heavy atom. The Morgan fingerprint density at radius 1 is 1.56 bits per heavy atom. The molecular formula is C6H4OS2. The fourth-order valence-electron chi connectivity index (χ4n) is 0.823. The minimum atomic E-state index is 0.296. The van der Waals surface area contributed by atoms with E-state index < -0.39 is 0 Å². The third-order valence-electron chi connectivity index (χ3n) is 1.24. The summed E-state index contributed by atoms with van der Waals surface area (Å²) < 4.78 is 0. The van der Waals surface area contributed by atoms with Gasteiger partial charge in [0.25, 0.3) is 0 Å². The van der Waals surface area contributed by atoms with Crippen molar-refractivity contribution >= 4 is 28.9 Å². The molecule has 2 rings (SSSR count). The van der Waals surface area contributed by atoms with Gasteiger partial charge in [-0.3, -0.25) is 4.79 Å². The number of hydrogen-bond acceptors (Lipinski definition) is 3. The number of thiophene rings is 1. The lowest BCUT2D eigenvalue weighted by Gasteiger charge is -1.77. The number of thioether (sulfide) groups is 1. The van der Waals surface area contributed by atoms with Gasteiger partial charge in [0.15, 0.2) is 5.78 Å². The standard InChI is InChI=1S/C6H4OS2/c7-4-3-9-5-1-2-8-6(4)5/h1-2H,3H2. The van der Waals surface area contributed by atoms with E-state index in [1.54, 1.807) is 23.1 Å². The molecule has 0 bridgehead atoms. The first-order valence-corrected chi connectivity index (χ1v) is 4.48. The van der Waals surface area contributed by atoms with Crippen LogP contribution in [0.2, 0.25) is 0 Å². The van der Waals surface area contributed by atoms with Crippen LogP contribution in [0.5, 0.6) is 0 Å². The summed E-state index contributed by atoms with van der Waals surface area (Å²) in [5.74, 6) is 0.951. The van der Waals surface area contributed by atoms with Crippen LogP contribution >= 0.6 is 23.1 Å². The number of ketones is 1. The Morgan fingerprint density at radius 2 is 2.44 bits per heavy atom. The maximum Gasteiger partial charge on any atom is 0.184 e. The van der Waals surface area contributed by atoms with E-state index in [2.05, 4.69) is 0 Å². The molecule has 1 aliphatic heterocycles. The molecule has 0 atom stereocenters. The predicted molar refractivity (Wildman–Crippen MR) is 39.4 cm³/mol.